The van der Waals surface area contributed by atoms with Gasteiger partial charge in [-0.3, -0.25) is 9.48 Å². The molecule has 2 heterocycles. The number of anilines is 1. The summed E-state index contributed by atoms with van der Waals surface area (Å²) in [6.45, 7) is 2.03. The third-order valence-electron chi connectivity index (χ3n) is 3.95. The number of rotatable bonds is 5. The fraction of sp³-hybridized carbons (Fsp3) is 0.375. The van der Waals surface area contributed by atoms with Crippen LogP contribution >= 0.6 is 11.6 Å². The van der Waals surface area contributed by atoms with Crippen molar-refractivity contribution < 1.29 is 9.18 Å². The summed E-state index contributed by atoms with van der Waals surface area (Å²) in [5.41, 5.74) is 0.792. The maximum Gasteiger partial charge on any atom is 0.222 e. The summed E-state index contributed by atoms with van der Waals surface area (Å²) in [7, 11) is 0. The van der Waals surface area contributed by atoms with Gasteiger partial charge in [-0.1, -0.05) is 11.6 Å². The lowest BCUT2D eigenvalue weighted by Crippen LogP contribution is -2.37. The minimum atomic E-state index is -0.420. The van der Waals surface area contributed by atoms with E-state index in [-0.39, 0.29) is 17.0 Å². The highest BCUT2D eigenvalue weighted by atomic mass is 35.5. The van der Waals surface area contributed by atoms with Gasteiger partial charge in [0.05, 0.1) is 5.02 Å². The average Bonchev–Trinajstić information content (AvgIpc) is 3.19. The summed E-state index contributed by atoms with van der Waals surface area (Å²) in [4.78, 5) is 14.0. The van der Waals surface area contributed by atoms with Gasteiger partial charge in [0.15, 0.2) is 0 Å². The number of carbonyl (C=O) groups excluding carboxylic acids is 1. The Kier molecular flexibility index (Phi) is 4.81. The van der Waals surface area contributed by atoms with Gasteiger partial charge in [0.1, 0.15) is 5.82 Å². The maximum atomic E-state index is 13.5. The zero-order valence-electron chi connectivity index (χ0n) is 12.6. The molecule has 0 bridgehead atoms. The van der Waals surface area contributed by atoms with Crippen LogP contribution in [-0.4, -0.2) is 34.8 Å². The smallest absolute Gasteiger partial charge is 0.222 e. The zero-order chi connectivity index (χ0) is 16.2. The molecule has 2 aromatic rings. The Bertz CT molecular complexity index is 677. The molecule has 1 N–H and O–H groups in total. The second-order valence-electron chi connectivity index (χ2n) is 5.62. The van der Waals surface area contributed by atoms with E-state index in [1.54, 1.807) is 23.0 Å². The van der Waals surface area contributed by atoms with Gasteiger partial charge in [0.2, 0.25) is 5.91 Å². The van der Waals surface area contributed by atoms with Crippen molar-refractivity contribution in [1.82, 2.24) is 15.1 Å². The molecule has 0 radical (unpaired) electrons. The van der Waals surface area contributed by atoms with Crippen molar-refractivity contribution in [2.75, 3.05) is 18.0 Å². The Hall–Kier alpha value is -2.08. The molecule has 1 aromatic carbocycles. The fourth-order valence-electron chi connectivity index (χ4n) is 2.74. The fourth-order valence-corrected chi connectivity index (χ4v) is 2.86. The van der Waals surface area contributed by atoms with E-state index in [1.807, 2.05) is 12.3 Å². The van der Waals surface area contributed by atoms with Gasteiger partial charge >= 0.3 is 0 Å². The number of nitrogens with one attached hydrogen (secondary N) is 1. The SMILES string of the molecule is O=C(CCn1cccn1)NC1CCN(c2ccc(Cl)c(F)c2)C1. The van der Waals surface area contributed by atoms with Crippen molar-refractivity contribution in [2.45, 2.75) is 25.4 Å². The van der Waals surface area contributed by atoms with Gasteiger partial charge < -0.3 is 10.2 Å². The number of halogens is 2. The van der Waals surface area contributed by atoms with E-state index in [4.69, 9.17) is 11.6 Å². The standard InChI is InChI=1S/C16H18ClFN4O/c17-14-3-2-13(10-15(14)18)21-8-4-12(11-21)20-16(23)5-9-22-7-1-6-19-22/h1-3,6-7,10,12H,4-5,8-9,11H2,(H,20,23). The second kappa shape index (κ2) is 7.00. The predicted molar refractivity (Wildman–Crippen MR) is 87.0 cm³/mol. The third kappa shape index (κ3) is 4.01. The van der Waals surface area contributed by atoms with Crippen molar-refractivity contribution in [2.24, 2.45) is 0 Å². The molecule has 0 saturated carbocycles. The molecule has 1 aromatic heterocycles. The van der Waals surface area contributed by atoms with Crippen LogP contribution in [0.3, 0.4) is 0 Å². The lowest BCUT2D eigenvalue weighted by atomic mass is 10.2. The molecule has 1 aliphatic heterocycles. The zero-order valence-corrected chi connectivity index (χ0v) is 13.3. The molecule has 122 valence electrons. The van der Waals surface area contributed by atoms with Gasteiger partial charge in [-0.15, -0.1) is 0 Å². The van der Waals surface area contributed by atoms with Gasteiger partial charge in [0.25, 0.3) is 0 Å². The molecule has 0 aliphatic carbocycles. The first-order chi connectivity index (χ1) is 11.1. The summed E-state index contributed by atoms with van der Waals surface area (Å²) >= 11 is 5.70. The summed E-state index contributed by atoms with van der Waals surface area (Å²) < 4.78 is 15.3. The minimum Gasteiger partial charge on any atom is -0.369 e. The third-order valence-corrected chi connectivity index (χ3v) is 4.26. The Morgan fingerprint density at radius 2 is 2.35 bits per heavy atom. The number of amides is 1. The van der Waals surface area contributed by atoms with Gasteiger partial charge in [-0.25, -0.2) is 4.39 Å². The predicted octanol–water partition coefficient (Wildman–Crippen LogP) is 2.46. The molecule has 3 rings (SSSR count). The summed E-state index contributed by atoms with van der Waals surface area (Å²) in [5, 5.41) is 7.22. The first kappa shape index (κ1) is 15.8. The number of hydrogen-bond acceptors (Lipinski definition) is 3. The summed E-state index contributed by atoms with van der Waals surface area (Å²) in [6, 6.07) is 6.71. The van der Waals surface area contributed by atoms with Crippen molar-refractivity contribution >= 4 is 23.2 Å². The molecule has 1 aliphatic rings. The van der Waals surface area contributed by atoms with Crippen LogP contribution in [0.1, 0.15) is 12.8 Å². The highest BCUT2D eigenvalue weighted by molar-refractivity contribution is 6.30. The first-order valence-electron chi connectivity index (χ1n) is 7.58. The molecule has 1 unspecified atom stereocenters. The molecule has 1 amide bonds. The Balaban J connectivity index is 1.49. The van der Waals surface area contributed by atoms with Crippen LogP contribution in [0.5, 0.6) is 0 Å². The maximum absolute atomic E-state index is 13.5. The number of hydrogen-bond donors (Lipinski definition) is 1. The van der Waals surface area contributed by atoms with E-state index < -0.39 is 5.82 Å². The highest BCUT2D eigenvalue weighted by Gasteiger charge is 2.24. The highest BCUT2D eigenvalue weighted by Crippen LogP contribution is 2.25. The van der Waals surface area contributed by atoms with Crippen LogP contribution in [0, 0.1) is 5.82 Å². The summed E-state index contributed by atoms with van der Waals surface area (Å²) in [5.74, 6) is -0.412. The largest absolute Gasteiger partial charge is 0.369 e. The Labute approximate surface area is 139 Å². The molecule has 7 heteroatoms. The Morgan fingerprint density at radius 3 is 3.09 bits per heavy atom. The van der Waals surface area contributed by atoms with Gasteiger partial charge in [-0.2, -0.15) is 5.10 Å². The molecule has 1 saturated heterocycles. The first-order valence-corrected chi connectivity index (χ1v) is 7.96. The number of aromatic nitrogens is 2. The summed E-state index contributed by atoms with van der Waals surface area (Å²) in [6.07, 6.45) is 4.77. The lowest BCUT2D eigenvalue weighted by Gasteiger charge is -2.19. The topological polar surface area (TPSA) is 50.2 Å². The van der Waals surface area contributed by atoms with E-state index in [1.165, 1.54) is 6.07 Å². The number of benzene rings is 1. The van der Waals surface area contributed by atoms with Crippen molar-refractivity contribution in [3.63, 3.8) is 0 Å². The minimum absolute atomic E-state index is 0.00892. The van der Waals surface area contributed by atoms with Crippen molar-refractivity contribution in [3.8, 4) is 0 Å². The Morgan fingerprint density at radius 1 is 1.48 bits per heavy atom. The number of carbonyl (C=O) groups is 1. The molecular formula is C16H18ClFN4O. The molecule has 0 spiro atoms. The monoisotopic (exact) mass is 336 g/mol. The van der Waals surface area contributed by atoms with E-state index in [0.29, 0.717) is 19.5 Å². The van der Waals surface area contributed by atoms with E-state index in [0.717, 1.165) is 18.7 Å². The lowest BCUT2D eigenvalue weighted by molar-refractivity contribution is -0.121. The van der Waals surface area contributed by atoms with E-state index in [9.17, 15) is 9.18 Å². The number of nitrogens with zero attached hydrogens (tertiary/aromatic N) is 3. The van der Waals surface area contributed by atoms with Crippen molar-refractivity contribution in [3.05, 3.63) is 47.5 Å². The van der Waals surface area contributed by atoms with Crippen LogP contribution < -0.4 is 10.2 Å². The van der Waals surface area contributed by atoms with Crippen LogP contribution in [0.15, 0.2) is 36.7 Å². The second-order valence-corrected chi connectivity index (χ2v) is 6.02. The molecule has 1 atom stereocenters. The van der Waals surface area contributed by atoms with Crippen LogP contribution in [0.2, 0.25) is 5.02 Å². The van der Waals surface area contributed by atoms with Crippen LogP contribution in [0.25, 0.3) is 0 Å². The van der Waals surface area contributed by atoms with Gasteiger partial charge in [0, 0.05) is 50.2 Å². The van der Waals surface area contributed by atoms with Crippen molar-refractivity contribution in [1.29, 1.82) is 0 Å². The van der Waals surface area contributed by atoms with E-state index in [2.05, 4.69) is 15.3 Å². The molecular weight excluding hydrogens is 319 g/mol. The number of aryl methyl sites for hydroxylation is 1. The normalized spacial score (nSPS) is 17.5. The van der Waals surface area contributed by atoms with Crippen LogP contribution in [0.4, 0.5) is 10.1 Å². The molecule has 1 fully saturated rings. The molecule has 23 heavy (non-hydrogen) atoms. The van der Waals surface area contributed by atoms with Gasteiger partial charge in [-0.05, 0) is 30.7 Å². The average molecular weight is 337 g/mol. The van der Waals surface area contributed by atoms with E-state index >= 15 is 0 Å². The molecule has 5 nitrogen and oxygen atoms in total. The quantitative estimate of drug-likeness (QED) is 0.912. The van der Waals surface area contributed by atoms with Crippen LogP contribution in [-0.2, 0) is 11.3 Å².